The molecule has 2 aromatic rings. The number of nitrogens with one attached hydrogen (secondary N) is 1. The fourth-order valence-electron chi connectivity index (χ4n) is 1.62. The first kappa shape index (κ1) is 14.2. The third kappa shape index (κ3) is 3.21. The quantitative estimate of drug-likeness (QED) is 0.855. The Labute approximate surface area is 127 Å². The number of thiophene rings is 2. The second-order valence-corrected chi connectivity index (χ2v) is 7.27. The van der Waals surface area contributed by atoms with Crippen LogP contribution in [0, 0.1) is 11.3 Å². The maximum atomic E-state index is 8.95. The Hall–Kier alpha value is -1.23. The molecule has 0 unspecified atom stereocenters. The number of nitrogens with two attached hydrogens (primary N) is 1. The van der Waals surface area contributed by atoms with Crippen molar-refractivity contribution in [2.24, 2.45) is 0 Å². The van der Waals surface area contributed by atoms with E-state index in [1.165, 1.54) is 16.2 Å². The summed E-state index contributed by atoms with van der Waals surface area (Å²) in [6.07, 6.45) is 0.916. The molecule has 7 heteroatoms. The summed E-state index contributed by atoms with van der Waals surface area (Å²) in [4.78, 5) is 1.78. The highest BCUT2D eigenvalue weighted by molar-refractivity contribution is 9.11. The molecule has 0 radical (unpaired) electrons. The molecule has 0 fully saturated rings. The predicted octanol–water partition coefficient (Wildman–Crippen LogP) is 3.69. The molecule has 0 aliphatic carbocycles. The lowest BCUT2D eigenvalue weighted by molar-refractivity contribution is 0.420. The lowest BCUT2D eigenvalue weighted by Crippen LogP contribution is -2.03. The van der Waals surface area contributed by atoms with Gasteiger partial charge in [0.1, 0.15) is 21.6 Å². The monoisotopic (exact) mass is 357 g/mol. The van der Waals surface area contributed by atoms with Gasteiger partial charge in [0.2, 0.25) is 0 Å². The number of ether oxygens (including phenoxy) is 1. The topological polar surface area (TPSA) is 71.1 Å². The van der Waals surface area contributed by atoms with Gasteiger partial charge >= 0.3 is 0 Å². The van der Waals surface area contributed by atoms with Gasteiger partial charge in [-0.3, -0.25) is 0 Å². The largest absolute Gasteiger partial charge is 0.492 e. The van der Waals surface area contributed by atoms with Gasteiger partial charge in [-0.15, -0.1) is 22.7 Å². The molecule has 2 rings (SSSR count). The molecule has 0 amide bonds. The molecule has 0 saturated carbocycles. The Balaban J connectivity index is 2.01. The van der Waals surface area contributed by atoms with Crippen molar-refractivity contribution >= 4 is 49.3 Å². The zero-order valence-electron chi connectivity index (χ0n) is 10.2. The normalized spacial score (nSPS) is 10.2. The van der Waals surface area contributed by atoms with Crippen molar-refractivity contribution in [3.63, 3.8) is 0 Å². The molecule has 100 valence electrons. The number of methoxy groups -OCH3 is 1. The van der Waals surface area contributed by atoms with Crippen LogP contribution < -0.4 is 15.8 Å². The average Bonchev–Trinajstić information content (AvgIpc) is 2.93. The molecular formula is C12H12BrN3OS2. The Morgan fingerprint density at radius 2 is 2.26 bits per heavy atom. The van der Waals surface area contributed by atoms with Crippen LogP contribution in [0.4, 0.5) is 10.7 Å². The molecule has 0 bridgehead atoms. The molecule has 0 atom stereocenters. The predicted molar refractivity (Wildman–Crippen MR) is 84.2 cm³/mol. The Bertz CT molecular complexity index is 615. The first-order valence-corrected chi connectivity index (χ1v) is 7.92. The van der Waals surface area contributed by atoms with Crippen LogP contribution >= 0.6 is 38.6 Å². The van der Waals surface area contributed by atoms with Crippen molar-refractivity contribution < 1.29 is 4.74 Å². The van der Waals surface area contributed by atoms with Crippen LogP contribution in [-0.2, 0) is 6.42 Å². The summed E-state index contributed by atoms with van der Waals surface area (Å²) in [5.41, 5.74) is 6.24. The second-order valence-electron chi connectivity index (χ2n) is 3.70. The van der Waals surface area contributed by atoms with Crippen molar-refractivity contribution in [1.82, 2.24) is 0 Å². The minimum Gasteiger partial charge on any atom is -0.492 e. The van der Waals surface area contributed by atoms with E-state index < -0.39 is 0 Å². The maximum Gasteiger partial charge on any atom is 0.177 e. The molecule has 0 spiro atoms. The van der Waals surface area contributed by atoms with Crippen molar-refractivity contribution in [3.8, 4) is 11.8 Å². The van der Waals surface area contributed by atoms with Crippen LogP contribution in [0.15, 0.2) is 15.9 Å². The standard InChI is InChI=1S/C12H12BrN3OS2/c1-17-11-10(15)8(6-14)19-12(11)16-5-4-7-2-3-9(13)18-7/h2-3,16H,4-5,15H2,1H3. The second kappa shape index (κ2) is 6.28. The first-order valence-electron chi connectivity index (χ1n) is 5.50. The van der Waals surface area contributed by atoms with Gasteiger partial charge in [0.15, 0.2) is 5.75 Å². The van der Waals surface area contributed by atoms with E-state index in [0.29, 0.717) is 16.3 Å². The fourth-order valence-corrected chi connectivity index (χ4v) is 4.01. The molecule has 0 aliphatic heterocycles. The Morgan fingerprint density at radius 3 is 2.84 bits per heavy atom. The molecule has 19 heavy (non-hydrogen) atoms. The van der Waals surface area contributed by atoms with E-state index in [-0.39, 0.29) is 0 Å². The highest BCUT2D eigenvalue weighted by atomic mass is 79.9. The van der Waals surface area contributed by atoms with Gasteiger partial charge in [-0.2, -0.15) is 5.26 Å². The van der Waals surface area contributed by atoms with E-state index in [1.807, 2.05) is 6.07 Å². The Morgan fingerprint density at radius 1 is 1.47 bits per heavy atom. The number of hydrogen-bond donors (Lipinski definition) is 2. The van der Waals surface area contributed by atoms with Crippen LogP contribution in [-0.4, -0.2) is 13.7 Å². The molecular weight excluding hydrogens is 346 g/mol. The van der Waals surface area contributed by atoms with E-state index in [2.05, 4.69) is 33.4 Å². The van der Waals surface area contributed by atoms with Gasteiger partial charge in [-0.1, -0.05) is 0 Å². The number of rotatable bonds is 5. The zero-order chi connectivity index (χ0) is 13.8. The van der Waals surface area contributed by atoms with Gasteiger partial charge in [0.05, 0.1) is 10.9 Å². The minimum absolute atomic E-state index is 0.413. The van der Waals surface area contributed by atoms with Crippen LogP contribution in [0.1, 0.15) is 9.75 Å². The molecule has 0 aromatic carbocycles. The van der Waals surface area contributed by atoms with Crippen LogP contribution in [0.25, 0.3) is 0 Å². The van der Waals surface area contributed by atoms with Crippen LogP contribution in [0.3, 0.4) is 0 Å². The molecule has 2 heterocycles. The summed E-state index contributed by atoms with van der Waals surface area (Å²) in [6, 6.07) is 6.20. The van der Waals surface area contributed by atoms with Crippen LogP contribution in [0.2, 0.25) is 0 Å². The number of halogens is 1. The van der Waals surface area contributed by atoms with Crippen molar-refractivity contribution in [2.45, 2.75) is 6.42 Å². The highest BCUT2D eigenvalue weighted by Crippen LogP contribution is 2.41. The summed E-state index contributed by atoms with van der Waals surface area (Å²) in [7, 11) is 1.56. The van der Waals surface area contributed by atoms with Gasteiger partial charge in [-0.05, 0) is 34.5 Å². The zero-order valence-corrected chi connectivity index (χ0v) is 13.4. The lowest BCUT2D eigenvalue weighted by atomic mass is 10.3. The average molecular weight is 358 g/mol. The number of nitrogens with zero attached hydrogens (tertiary/aromatic N) is 1. The van der Waals surface area contributed by atoms with Gasteiger partial charge in [0.25, 0.3) is 0 Å². The highest BCUT2D eigenvalue weighted by Gasteiger charge is 2.16. The fraction of sp³-hybridized carbons (Fsp3) is 0.250. The Kier molecular flexibility index (Phi) is 4.69. The van der Waals surface area contributed by atoms with Crippen molar-refractivity contribution in [1.29, 1.82) is 5.26 Å². The van der Waals surface area contributed by atoms with Gasteiger partial charge < -0.3 is 15.8 Å². The SMILES string of the molecule is COc1c(NCCc2ccc(Br)s2)sc(C#N)c1N. The molecule has 0 aliphatic rings. The number of anilines is 2. The molecule has 4 nitrogen and oxygen atoms in total. The lowest BCUT2D eigenvalue weighted by Gasteiger charge is -2.06. The summed E-state index contributed by atoms with van der Waals surface area (Å²) in [5, 5.41) is 13.0. The van der Waals surface area contributed by atoms with Gasteiger partial charge in [-0.25, -0.2) is 0 Å². The smallest absolute Gasteiger partial charge is 0.177 e. The summed E-state index contributed by atoms with van der Waals surface area (Å²) >= 11 is 6.48. The van der Waals surface area contributed by atoms with Crippen molar-refractivity contribution in [2.75, 3.05) is 24.7 Å². The van der Waals surface area contributed by atoms with Gasteiger partial charge in [0, 0.05) is 11.4 Å². The molecule has 0 saturated heterocycles. The number of nitriles is 1. The maximum absolute atomic E-state index is 8.95. The minimum atomic E-state index is 0.413. The van der Waals surface area contributed by atoms with E-state index in [4.69, 9.17) is 15.7 Å². The van der Waals surface area contributed by atoms with Crippen molar-refractivity contribution in [3.05, 3.63) is 25.7 Å². The summed E-state index contributed by atoms with van der Waals surface area (Å²) in [6.45, 7) is 0.772. The van der Waals surface area contributed by atoms with Crippen LogP contribution in [0.5, 0.6) is 5.75 Å². The number of nitrogen functional groups attached to an aromatic ring is 1. The first-order chi connectivity index (χ1) is 9.15. The summed E-state index contributed by atoms with van der Waals surface area (Å²) < 4.78 is 6.36. The third-order valence-corrected chi connectivity index (χ3v) is 5.22. The molecule has 3 N–H and O–H groups in total. The van der Waals surface area contributed by atoms with E-state index in [0.717, 1.165) is 21.8 Å². The number of hydrogen-bond acceptors (Lipinski definition) is 6. The molecule has 2 aromatic heterocycles. The van der Waals surface area contributed by atoms with E-state index in [1.54, 1.807) is 18.4 Å². The third-order valence-electron chi connectivity index (χ3n) is 2.49. The van der Waals surface area contributed by atoms with E-state index >= 15 is 0 Å². The summed E-state index contributed by atoms with van der Waals surface area (Å²) in [5.74, 6) is 0.564. The van der Waals surface area contributed by atoms with E-state index in [9.17, 15) is 0 Å².